The van der Waals surface area contributed by atoms with Crippen molar-refractivity contribution in [3.63, 3.8) is 0 Å². The van der Waals surface area contributed by atoms with Crippen LogP contribution >= 0.6 is 15.9 Å². The van der Waals surface area contributed by atoms with Crippen molar-refractivity contribution >= 4 is 21.9 Å². The Morgan fingerprint density at radius 3 is 3.12 bits per heavy atom. The Morgan fingerprint density at radius 1 is 1.71 bits per heavy atom. The molecule has 0 aliphatic rings. The van der Waals surface area contributed by atoms with Crippen LogP contribution in [0.25, 0.3) is 0 Å². The van der Waals surface area contributed by atoms with Gasteiger partial charge < -0.3 is 10.1 Å². The molecule has 0 fully saturated rings. The maximum absolute atomic E-state index is 11.1. The van der Waals surface area contributed by atoms with E-state index in [-0.39, 0.29) is 10.8 Å². The zero-order valence-electron chi connectivity index (χ0n) is 10.0. The molecule has 1 heterocycles. The summed E-state index contributed by atoms with van der Waals surface area (Å²) >= 11 is 3.24. The Balaban J connectivity index is 2.35. The van der Waals surface area contributed by atoms with E-state index < -0.39 is 0 Å². The van der Waals surface area contributed by atoms with Crippen LogP contribution in [-0.2, 0) is 22.6 Å². The molecule has 0 aromatic carbocycles. The highest BCUT2D eigenvalue weighted by molar-refractivity contribution is 9.10. The van der Waals surface area contributed by atoms with Crippen LogP contribution in [-0.4, -0.2) is 39.2 Å². The average Bonchev–Trinajstić information content (AvgIpc) is 2.76. The Kier molecular flexibility index (Phi) is 6.13. The smallest absolute Gasteiger partial charge is 0.320 e. The highest BCUT2D eigenvalue weighted by atomic mass is 79.9. The van der Waals surface area contributed by atoms with E-state index in [2.05, 4.69) is 43.0 Å². The maximum atomic E-state index is 11.1. The third-order valence-electron chi connectivity index (χ3n) is 2.19. The Morgan fingerprint density at radius 2 is 2.47 bits per heavy atom. The first-order chi connectivity index (χ1) is 8.19. The van der Waals surface area contributed by atoms with Crippen LogP contribution in [0.5, 0.6) is 0 Å². The second-order valence-corrected chi connectivity index (χ2v) is 4.63. The molecule has 1 atom stereocenters. The highest BCUT2D eigenvalue weighted by Gasteiger charge is 2.14. The summed E-state index contributed by atoms with van der Waals surface area (Å²) in [6.45, 7) is 4.02. The Labute approximate surface area is 109 Å². The molecule has 0 aliphatic heterocycles. The predicted molar refractivity (Wildman–Crippen MR) is 66.8 cm³/mol. The number of nitrogens with one attached hydrogen (secondary N) is 1. The van der Waals surface area contributed by atoms with E-state index in [0.717, 1.165) is 18.8 Å². The highest BCUT2D eigenvalue weighted by Crippen LogP contribution is 2.01. The van der Waals surface area contributed by atoms with E-state index in [9.17, 15) is 4.79 Å². The van der Waals surface area contributed by atoms with Crippen molar-refractivity contribution in [3.8, 4) is 0 Å². The van der Waals surface area contributed by atoms with Crippen LogP contribution in [0, 0.1) is 0 Å². The lowest BCUT2D eigenvalue weighted by Crippen LogP contribution is -2.30. The van der Waals surface area contributed by atoms with Crippen molar-refractivity contribution < 1.29 is 9.53 Å². The van der Waals surface area contributed by atoms with Crippen LogP contribution in [0.2, 0.25) is 0 Å². The molecule has 0 bridgehead atoms. The van der Waals surface area contributed by atoms with Crippen LogP contribution in [0.4, 0.5) is 0 Å². The third kappa shape index (κ3) is 4.43. The number of esters is 1. The summed E-state index contributed by atoms with van der Waals surface area (Å²) in [5.74, 6) is 0.587. The van der Waals surface area contributed by atoms with Gasteiger partial charge in [0.15, 0.2) is 0 Å². The zero-order valence-corrected chi connectivity index (χ0v) is 11.6. The summed E-state index contributed by atoms with van der Waals surface area (Å²) in [6.07, 6.45) is 2.55. The van der Waals surface area contributed by atoms with Gasteiger partial charge in [-0.3, -0.25) is 4.79 Å². The van der Waals surface area contributed by atoms with Crippen molar-refractivity contribution in [2.75, 3.05) is 13.7 Å². The molecule has 1 aromatic rings. The van der Waals surface area contributed by atoms with E-state index in [1.165, 1.54) is 7.11 Å². The number of nitrogens with zero attached hydrogens (tertiary/aromatic N) is 3. The number of hydrogen-bond acceptors (Lipinski definition) is 5. The van der Waals surface area contributed by atoms with Crippen molar-refractivity contribution in [1.29, 1.82) is 0 Å². The molecule has 1 unspecified atom stereocenters. The SMILES string of the molecule is CCCn1ncnc1CNCC(Br)C(=O)OC. The molecule has 96 valence electrons. The Hall–Kier alpha value is -0.950. The maximum Gasteiger partial charge on any atom is 0.320 e. The van der Waals surface area contributed by atoms with Crippen molar-refractivity contribution in [2.45, 2.75) is 31.3 Å². The lowest BCUT2D eigenvalue weighted by atomic mass is 10.4. The summed E-state index contributed by atoms with van der Waals surface area (Å²) < 4.78 is 6.46. The fraction of sp³-hybridized carbons (Fsp3) is 0.700. The van der Waals surface area contributed by atoms with Gasteiger partial charge in [-0.1, -0.05) is 22.9 Å². The van der Waals surface area contributed by atoms with E-state index in [4.69, 9.17) is 0 Å². The number of aromatic nitrogens is 3. The van der Waals surface area contributed by atoms with Gasteiger partial charge in [-0.25, -0.2) is 9.67 Å². The van der Waals surface area contributed by atoms with Gasteiger partial charge in [-0.2, -0.15) is 5.10 Å². The molecule has 17 heavy (non-hydrogen) atoms. The largest absolute Gasteiger partial charge is 0.468 e. The topological polar surface area (TPSA) is 69.0 Å². The second-order valence-electron chi connectivity index (χ2n) is 3.52. The molecular formula is C10H17BrN4O2. The van der Waals surface area contributed by atoms with Gasteiger partial charge in [-0.05, 0) is 6.42 Å². The van der Waals surface area contributed by atoms with Crippen molar-refractivity contribution in [2.24, 2.45) is 0 Å². The molecule has 1 rings (SSSR count). The van der Waals surface area contributed by atoms with Crippen molar-refractivity contribution in [3.05, 3.63) is 12.2 Å². The number of rotatable bonds is 7. The first kappa shape index (κ1) is 14.1. The molecular weight excluding hydrogens is 288 g/mol. The molecule has 0 spiro atoms. The summed E-state index contributed by atoms with van der Waals surface area (Å²) in [4.78, 5) is 14.9. The fourth-order valence-corrected chi connectivity index (χ4v) is 1.76. The number of carbonyl (C=O) groups is 1. The molecule has 1 N–H and O–H groups in total. The molecule has 1 aromatic heterocycles. The van der Waals surface area contributed by atoms with E-state index in [1.807, 2.05) is 4.68 Å². The van der Waals surface area contributed by atoms with Gasteiger partial charge in [0.2, 0.25) is 0 Å². The number of hydrogen-bond donors (Lipinski definition) is 1. The Bertz CT molecular complexity index is 356. The molecule has 7 heteroatoms. The zero-order chi connectivity index (χ0) is 12.7. The standard InChI is InChI=1S/C10H17BrN4O2/c1-3-4-15-9(13-7-14-15)6-12-5-8(11)10(16)17-2/h7-8,12H,3-6H2,1-2H3. The number of carbonyl (C=O) groups excluding carboxylic acids is 1. The number of methoxy groups -OCH3 is 1. The van der Waals surface area contributed by atoms with Crippen LogP contribution in [0.3, 0.4) is 0 Å². The summed E-state index contributed by atoms with van der Waals surface area (Å²) in [5, 5.41) is 7.25. The minimum Gasteiger partial charge on any atom is -0.468 e. The average molecular weight is 305 g/mol. The molecule has 0 saturated heterocycles. The molecule has 0 aliphatic carbocycles. The van der Waals surface area contributed by atoms with Gasteiger partial charge in [-0.15, -0.1) is 0 Å². The fourth-order valence-electron chi connectivity index (χ4n) is 1.35. The lowest BCUT2D eigenvalue weighted by molar-refractivity contribution is -0.139. The first-order valence-electron chi connectivity index (χ1n) is 5.48. The van der Waals surface area contributed by atoms with Gasteiger partial charge in [0.05, 0.1) is 13.7 Å². The quantitative estimate of drug-likeness (QED) is 0.594. The predicted octanol–water partition coefficient (Wildman–Crippen LogP) is 0.714. The number of halogens is 1. The lowest BCUT2D eigenvalue weighted by Gasteiger charge is -2.09. The monoisotopic (exact) mass is 304 g/mol. The van der Waals surface area contributed by atoms with Gasteiger partial charge >= 0.3 is 5.97 Å². The van der Waals surface area contributed by atoms with E-state index >= 15 is 0 Å². The van der Waals surface area contributed by atoms with Crippen LogP contribution in [0.1, 0.15) is 19.2 Å². The summed E-state index contributed by atoms with van der Waals surface area (Å²) in [6, 6.07) is 0. The molecule has 6 nitrogen and oxygen atoms in total. The van der Waals surface area contributed by atoms with E-state index in [1.54, 1.807) is 6.33 Å². The molecule has 0 amide bonds. The van der Waals surface area contributed by atoms with Crippen LogP contribution in [0.15, 0.2) is 6.33 Å². The van der Waals surface area contributed by atoms with Gasteiger partial charge in [0.25, 0.3) is 0 Å². The van der Waals surface area contributed by atoms with Crippen LogP contribution < -0.4 is 5.32 Å². The van der Waals surface area contributed by atoms with Gasteiger partial charge in [0, 0.05) is 13.1 Å². The normalized spacial score (nSPS) is 12.4. The number of ether oxygens (including phenoxy) is 1. The minimum absolute atomic E-state index is 0.285. The number of aryl methyl sites for hydroxylation is 1. The second kappa shape index (κ2) is 7.39. The minimum atomic E-state index is -0.338. The van der Waals surface area contributed by atoms with Crippen molar-refractivity contribution in [1.82, 2.24) is 20.1 Å². The molecule has 0 saturated carbocycles. The summed E-state index contributed by atoms with van der Waals surface area (Å²) in [5.41, 5.74) is 0. The van der Waals surface area contributed by atoms with Gasteiger partial charge in [0.1, 0.15) is 17.0 Å². The first-order valence-corrected chi connectivity index (χ1v) is 6.39. The number of alkyl halides is 1. The molecule has 0 radical (unpaired) electrons. The summed E-state index contributed by atoms with van der Waals surface area (Å²) in [7, 11) is 1.37. The third-order valence-corrected chi connectivity index (χ3v) is 2.89. The van der Waals surface area contributed by atoms with E-state index in [0.29, 0.717) is 13.1 Å².